The largest absolute Gasteiger partial charge is 0.397 e. The molecule has 5 N–H and O–H groups in total. The number of nitrogens with two attached hydrogens (primary N) is 2. The molecular weight excluding hydrogens is 333 g/mol. The maximum absolute atomic E-state index is 13.9. The Morgan fingerprint density at radius 2 is 1.79 bits per heavy atom. The number of halogens is 3. The van der Waals surface area contributed by atoms with E-state index in [1.807, 2.05) is 24.3 Å². The predicted octanol–water partition coefficient (Wildman–Crippen LogP) is 4.02. The van der Waals surface area contributed by atoms with Crippen LogP contribution >= 0.6 is 27.5 Å². The fraction of sp³-hybridized carbons (Fsp3) is 0.0769. The van der Waals surface area contributed by atoms with Gasteiger partial charge in [-0.05, 0) is 23.8 Å². The first-order chi connectivity index (χ1) is 8.99. The van der Waals surface area contributed by atoms with Crippen molar-refractivity contribution in [2.75, 3.05) is 16.8 Å². The third-order valence-corrected chi connectivity index (χ3v) is 3.56. The van der Waals surface area contributed by atoms with E-state index in [-0.39, 0.29) is 22.1 Å². The lowest BCUT2D eigenvalue weighted by molar-refractivity contribution is 0.632. The maximum Gasteiger partial charge on any atom is 0.169 e. The Morgan fingerprint density at radius 3 is 2.42 bits per heavy atom. The summed E-state index contributed by atoms with van der Waals surface area (Å²) in [4.78, 5) is 0. The van der Waals surface area contributed by atoms with Gasteiger partial charge < -0.3 is 16.8 Å². The normalized spacial score (nSPS) is 10.5. The number of hydrogen-bond donors (Lipinski definition) is 3. The Balaban J connectivity index is 2.20. The third kappa shape index (κ3) is 3.11. The van der Waals surface area contributed by atoms with Crippen LogP contribution in [-0.2, 0) is 6.54 Å². The molecule has 0 aliphatic carbocycles. The summed E-state index contributed by atoms with van der Waals surface area (Å²) in [6.45, 7) is 0.439. The van der Waals surface area contributed by atoms with Gasteiger partial charge in [0, 0.05) is 11.0 Å². The molecule has 0 spiro atoms. The van der Waals surface area contributed by atoms with Gasteiger partial charge in [0.15, 0.2) is 5.82 Å². The molecule has 0 aromatic heterocycles. The van der Waals surface area contributed by atoms with Crippen LogP contribution in [0.4, 0.5) is 21.5 Å². The van der Waals surface area contributed by atoms with E-state index in [1.54, 1.807) is 0 Å². The lowest BCUT2D eigenvalue weighted by atomic mass is 10.2. The molecule has 2 aromatic rings. The average Bonchev–Trinajstić information content (AvgIpc) is 2.38. The zero-order chi connectivity index (χ0) is 14.0. The monoisotopic (exact) mass is 343 g/mol. The first-order valence-electron chi connectivity index (χ1n) is 5.50. The van der Waals surface area contributed by atoms with E-state index in [2.05, 4.69) is 21.2 Å². The molecule has 6 heteroatoms. The molecule has 0 unspecified atom stereocenters. The van der Waals surface area contributed by atoms with Crippen molar-refractivity contribution < 1.29 is 4.39 Å². The van der Waals surface area contributed by atoms with Crippen molar-refractivity contribution in [2.24, 2.45) is 0 Å². The molecule has 0 saturated heterocycles. The fourth-order valence-corrected chi connectivity index (χ4v) is 2.05. The molecule has 0 atom stereocenters. The summed E-state index contributed by atoms with van der Waals surface area (Å²) in [5.41, 5.74) is 12.8. The van der Waals surface area contributed by atoms with Crippen LogP contribution in [0.25, 0.3) is 0 Å². The second-order valence-corrected chi connectivity index (χ2v) is 5.33. The van der Waals surface area contributed by atoms with Gasteiger partial charge in [-0.2, -0.15) is 0 Å². The molecule has 19 heavy (non-hydrogen) atoms. The number of rotatable bonds is 3. The minimum Gasteiger partial charge on any atom is -0.397 e. The first-order valence-corrected chi connectivity index (χ1v) is 6.67. The molecule has 0 bridgehead atoms. The van der Waals surface area contributed by atoms with Crippen molar-refractivity contribution >= 4 is 44.6 Å². The van der Waals surface area contributed by atoms with Gasteiger partial charge in [-0.15, -0.1) is 0 Å². The second-order valence-electron chi connectivity index (χ2n) is 4.04. The molecule has 0 heterocycles. The van der Waals surface area contributed by atoms with Crippen LogP contribution in [0.3, 0.4) is 0 Å². The molecule has 2 rings (SSSR count). The smallest absolute Gasteiger partial charge is 0.169 e. The van der Waals surface area contributed by atoms with E-state index >= 15 is 0 Å². The van der Waals surface area contributed by atoms with Crippen LogP contribution in [-0.4, -0.2) is 0 Å². The molecule has 100 valence electrons. The molecule has 2 aromatic carbocycles. The molecule has 0 fully saturated rings. The maximum atomic E-state index is 13.9. The van der Waals surface area contributed by atoms with Gasteiger partial charge in [-0.3, -0.25) is 0 Å². The zero-order valence-corrected chi connectivity index (χ0v) is 12.2. The van der Waals surface area contributed by atoms with Crippen LogP contribution in [0.5, 0.6) is 0 Å². The standard InChI is InChI=1S/C13H12BrClFN3/c14-8-3-1-7(2-4-8)6-19-13-10(18)5-9(17)11(15)12(13)16/h1-5,19H,6,17-18H2. The molecule has 0 radical (unpaired) electrons. The predicted molar refractivity (Wildman–Crippen MR) is 81.7 cm³/mol. The quantitative estimate of drug-likeness (QED) is 0.737. The van der Waals surface area contributed by atoms with Crippen molar-refractivity contribution in [1.29, 1.82) is 0 Å². The Hall–Kier alpha value is -1.46. The van der Waals surface area contributed by atoms with Crippen molar-refractivity contribution in [1.82, 2.24) is 0 Å². The highest BCUT2D eigenvalue weighted by molar-refractivity contribution is 9.10. The molecule has 3 nitrogen and oxygen atoms in total. The number of nitrogens with one attached hydrogen (secondary N) is 1. The lowest BCUT2D eigenvalue weighted by Gasteiger charge is -2.13. The Labute approximate surface area is 123 Å². The van der Waals surface area contributed by atoms with E-state index in [0.717, 1.165) is 10.0 Å². The van der Waals surface area contributed by atoms with Crippen LogP contribution in [0, 0.1) is 5.82 Å². The van der Waals surface area contributed by atoms with Crippen LogP contribution in [0.2, 0.25) is 5.02 Å². The number of hydrogen-bond acceptors (Lipinski definition) is 3. The van der Waals surface area contributed by atoms with E-state index in [1.165, 1.54) is 6.07 Å². The van der Waals surface area contributed by atoms with E-state index in [0.29, 0.717) is 6.54 Å². The minimum absolute atomic E-state index is 0.118. The van der Waals surface area contributed by atoms with Crippen LogP contribution in [0.1, 0.15) is 5.56 Å². The van der Waals surface area contributed by atoms with Gasteiger partial charge in [0.05, 0.1) is 17.1 Å². The van der Waals surface area contributed by atoms with Crippen molar-refractivity contribution in [3.8, 4) is 0 Å². The summed E-state index contributed by atoms with van der Waals surface area (Å²) < 4.78 is 14.9. The molecule has 0 aliphatic rings. The number of nitrogen functional groups attached to an aromatic ring is 2. The third-order valence-electron chi connectivity index (χ3n) is 2.65. The minimum atomic E-state index is -0.628. The van der Waals surface area contributed by atoms with Crippen LogP contribution in [0.15, 0.2) is 34.8 Å². The summed E-state index contributed by atoms with van der Waals surface area (Å²) in [7, 11) is 0. The summed E-state index contributed by atoms with van der Waals surface area (Å²) in [5, 5.41) is 2.81. The topological polar surface area (TPSA) is 64.1 Å². The van der Waals surface area contributed by atoms with Gasteiger partial charge >= 0.3 is 0 Å². The molecule has 0 aliphatic heterocycles. The highest BCUT2D eigenvalue weighted by Crippen LogP contribution is 2.33. The Bertz CT molecular complexity index is 602. The highest BCUT2D eigenvalue weighted by atomic mass is 79.9. The summed E-state index contributed by atoms with van der Waals surface area (Å²) in [6, 6.07) is 9.10. The van der Waals surface area contributed by atoms with Gasteiger partial charge in [-0.25, -0.2) is 4.39 Å². The van der Waals surface area contributed by atoms with Crippen molar-refractivity contribution in [3.63, 3.8) is 0 Å². The van der Waals surface area contributed by atoms with E-state index < -0.39 is 5.82 Å². The van der Waals surface area contributed by atoms with Crippen molar-refractivity contribution in [3.05, 3.63) is 51.2 Å². The highest BCUT2D eigenvalue weighted by Gasteiger charge is 2.13. The number of anilines is 3. The Kier molecular flexibility index (Phi) is 4.17. The van der Waals surface area contributed by atoms with Crippen molar-refractivity contribution in [2.45, 2.75) is 6.54 Å². The molecular formula is C13H12BrClFN3. The van der Waals surface area contributed by atoms with Gasteiger partial charge in [0.2, 0.25) is 0 Å². The van der Waals surface area contributed by atoms with Crippen LogP contribution < -0.4 is 16.8 Å². The van der Waals surface area contributed by atoms with Gasteiger partial charge in [0.25, 0.3) is 0 Å². The second kappa shape index (κ2) is 5.67. The molecule has 0 amide bonds. The fourth-order valence-electron chi connectivity index (χ4n) is 1.64. The van der Waals surface area contributed by atoms with E-state index in [9.17, 15) is 4.39 Å². The van der Waals surface area contributed by atoms with Gasteiger partial charge in [0.1, 0.15) is 5.02 Å². The zero-order valence-electron chi connectivity index (χ0n) is 9.88. The first kappa shape index (κ1) is 14.0. The molecule has 0 saturated carbocycles. The number of benzene rings is 2. The summed E-state index contributed by atoms with van der Waals surface area (Å²) >= 11 is 9.11. The summed E-state index contributed by atoms with van der Waals surface area (Å²) in [5.74, 6) is -0.628. The van der Waals surface area contributed by atoms with Gasteiger partial charge in [-0.1, -0.05) is 39.7 Å². The summed E-state index contributed by atoms with van der Waals surface area (Å²) in [6.07, 6.45) is 0. The lowest BCUT2D eigenvalue weighted by Crippen LogP contribution is -2.06. The average molecular weight is 345 g/mol. The Morgan fingerprint density at radius 1 is 1.16 bits per heavy atom. The SMILES string of the molecule is Nc1cc(N)c(NCc2ccc(Br)cc2)c(F)c1Cl. The van der Waals surface area contributed by atoms with E-state index in [4.69, 9.17) is 23.1 Å².